The van der Waals surface area contributed by atoms with E-state index in [-0.39, 0.29) is 35.7 Å². The van der Waals surface area contributed by atoms with Crippen molar-refractivity contribution in [2.75, 3.05) is 12.3 Å². The van der Waals surface area contributed by atoms with E-state index in [0.29, 0.717) is 36.9 Å². The van der Waals surface area contributed by atoms with Gasteiger partial charge in [0.15, 0.2) is 0 Å². The van der Waals surface area contributed by atoms with Gasteiger partial charge in [0.25, 0.3) is 0 Å². The van der Waals surface area contributed by atoms with Crippen molar-refractivity contribution in [2.24, 2.45) is 11.7 Å². The Kier molecular flexibility index (Phi) is 8.93. The van der Waals surface area contributed by atoms with E-state index in [0.717, 1.165) is 11.1 Å². The van der Waals surface area contributed by atoms with Crippen LogP contribution in [0.2, 0.25) is 0 Å². The van der Waals surface area contributed by atoms with E-state index >= 15 is 0 Å². The Morgan fingerprint density at radius 2 is 1.88 bits per heavy atom. The van der Waals surface area contributed by atoms with Crippen molar-refractivity contribution >= 4 is 17.5 Å². The first kappa shape index (κ1) is 28.9. The first-order valence-corrected chi connectivity index (χ1v) is 12.9. The fourth-order valence-electron chi connectivity index (χ4n) is 4.73. The molecule has 1 heterocycles. The number of hydrogen-bond donors (Lipinski definition) is 3. The number of benzene rings is 2. The van der Waals surface area contributed by atoms with E-state index in [1.807, 2.05) is 36.4 Å². The van der Waals surface area contributed by atoms with E-state index < -0.39 is 24.3 Å². The molecule has 11 heteroatoms. The molecule has 0 amide bonds. The van der Waals surface area contributed by atoms with Gasteiger partial charge in [-0.3, -0.25) is 4.79 Å². The number of halogens is 3. The number of carboxylic acid groups (broad SMARTS) is 1. The second-order valence-electron chi connectivity index (χ2n) is 9.59. The van der Waals surface area contributed by atoms with Crippen LogP contribution in [0.1, 0.15) is 50.0 Å². The number of nitrogens with zero attached hydrogens (tertiary/aromatic N) is 2. The fourth-order valence-corrected chi connectivity index (χ4v) is 4.73. The molecule has 212 valence electrons. The van der Waals surface area contributed by atoms with Crippen LogP contribution in [-0.4, -0.2) is 39.9 Å². The minimum atomic E-state index is -4.79. The summed E-state index contributed by atoms with van der Waals surface area (Å²) in [5, 5.41) is 9.05. The third kappa shape index (κ3) is 7.09. The average molecular weight is 557 g/mol. The lowest BCUT2D eigenvalue weighted by Crippen LogP contribution is -2.32. The molecule has 0 aliphatic heterocycles. The van der Waals surface area contributed by atoms with Crippen LogP contribution in [0.15, 0.2) is 60.7 Å². The van der Waals surface area contributed by atoms with Crippen molar-refractivity contribution in [3.05, 3.63) is 71.9 Å². The number of nitrogen functional groups attached to an aromatic ring is 1. The molecule has 1 aliphatic rings. The van der Waals surface area contributed by atoms with Gasteiger partial charge >= 0.3 is 12.1 Å². The number of rotatable bonds is 10. The van der Waals surface area contributed by atoms with Gasteiger partial charge in [-0.2, -0.15) is 18.2 Å². The van der Waals surface area contributed by atoms with Gasteiger partial charge in [-0.25, -0.2) is 4.98 Å². The summed E-state index contributed by atoms with van der Waals surface area (Å²) in [5.74, 6) is -1.48. The topological polar surface area (TPSA) is 134 Å². The minimum Gasteiger partial charge on any atom is -0.493 e. The molecule has 0 bridgehead atoms. The molecular formula is C29H31F3N4O4. The fraction of sp³-hybridized carbons (Fsp3) is 0.345. The van der Waals surface area contributed by atoms with E-state index in [2.05, 4.69) is 9.97 Å². The van der Waals surface area contributed by atoms with Crippen molar-refractivity contribution in [1.29, 1.82) is 0 Å². The van der Waals surface area contributed by atoms with Crippen LogP contribution in [0, 0.1) is 5.92 Å². The van der Waals surface area contributed by atoms with E-state index in [9.17, 15) is 18.0 Å². The molecule has 0 radical (unpaired) electrons. The van der Waals surface area contributed by atoms with Gasteiger partial charge in [0, 0.05) is 11.6 Å². The lowest BCUT2D eigenvalue weighted by Gasteiger charge is -2.25. The Labute approximate surface area is 229 Å². The highest BCUT2D eigenvalue weighted by Gasteiger charge is 2.45. The van der Waals surface area contributed by atoms with Crippen molar-refractivity contribution in [1.82, 2.24) is 9.97 Å². The number of carboxylic acids is 1. The normalized spacial score (nSPS) is 17.0. The lowest BCUT2D eigenvalue weighted by molar-refractivity contribution is -0.199. The van der Waals surface area contributed by atoms with Crippen molar-refractivity contribution in [2.45, 2.75) is 50.9 Å². The second-order valence-corrected chi connectivity index (χ2v) is 9.59. The number of allylic oxidation sites excluding steroid dienone is 2. The highest BCUT2D eigenvalue weighted by atomic mass is 19.4. The number of aromatic nitrogens is 2. The van der Waals surface area contributed by atoms with Crippen LogP contribution in [0.4, 0.5) is 19.1 Å². The Morgan fingerprint density at radius 3 is 2.50 bits per heavy atom. The number of ether oxygens (including phenoxy) is 2. The smallest absolute Gasteiger partial charge is 0.429 e. The summed E-state index contributed by atoms with van der Waals surface area (Å²) >= 11 is 0. The summed E-state index contributed by atoms with van der Waals surface area (Å²) in [6, 6.07) is 14.2. The van der Waals surface area contributed by atoms with Crippen LogP contribution < -0.4 is 20.9 Å². The third-order valence-electron chi connectivity index (χ3n) is 6.71. The Balaban J connectivity index is 1.61. The Hall–Kier alpha value is -4.12. The number of hydrogen-bond acceptors (Lipinski definition) is 7. The van der Waals surface area contributed by atoms with Gasteiger partial charge in [-0.15, -0.1) is 0 Å². The molecule has 1 aliphatic carbocycles. The third-order valence-corrected chi connectivity index (χ3v) is 6.71. The summed E-state index contributed by atoms with van der Waals surface area (Å²) in [6.45, 7) is 1.85. The molecule has 0 saturated carbocycles. The number of nitrogens with two attached hydrogens (primary N) is 2. The molecular weight excluding hydrogens is 525 g/mol. The molecule has 0 spiro atoms. The number of alkyl halides is 3. The van der Waals surface area contributed by atoms with Crippen LogP contribution in [0.3, 0.4) is 0 Å². The predicted molar refractivity (Wildman–Crippen MR) is 144 cm³/mol. The summed E-state index contributed by atoms with van der Waals surface area (Å²) in [7, 11) is 0. The zero-order valence-electron chi connectivity index (χ0n) is 21.9. The van der Waals surface area contributed by atoms with Crippen LogP contribution in [-0.2, 0) is 4.79 Å². The highest BCUT2D eigenvalue weighted by molar-refractivity contribution is 5.73. The second kappa shape index (κ2) is 12.4. The molecule has 0 saturated heterocycles. The van der Waals surface area contributed by atoms with Gasteiger partial charge in [-0.1, -0.05) is 48.5 Å². The maximum atomic E-state index is 14.4. The molecule has 3 aromatic rings. The van der Waals surface area contributed by atoms with Crippen LogP contribution in [0.5, 0.6) is 11.6 Å². The molecule has 0 fully saturated rings. The first-order valence-electron chi connectivity index (χ1n) is 12.9. The van der Waals surface area contributed by atoms with Crippen LogP contribution in [0.25, 0.3) is 16.7 Å². The summed E-state index contributed by atoms with van der Waals surface area (Å²) in [4.78, 5) is 19.2. The van der Waals surface area contributed by atoms with E-state index in [1.54, 1.807) is 19.1 Å². The zero-order valence-corrected chi connectivity index (χ0v) is 21.9. The maximum absolute atomic E-state index is 14.4. The van der Waals surface area contributed by atoms with Gasteiger partial charge < -0.3 is 26.0 Å². The highest BCUT2D eigenvalue weighted by Crippen LogP contribution is 2.42. The Morgan fingerprint density at radius 1 is 1.12 bits per heavy atom. The zero-order chi connectivity index (χ0) is 28.9. The van der Waals surface area contributed by atoms with E-state index in [1.165, 1.54) is 12.1 Å². The monoisotopic (exact) mass is 556 g/mol. The largest absolute Gasteiger partial charge is 0.493 e. The molecule has 8 nitrogen and oxygen atoms in total. The average Bonchev–Trinajstić information content (AvgIpc) is 2.92. The molecule has 2 aromatic carbocycles. The van der Waals surface area contributed by atoms with Gasteiger partial charge in [-0.05, 0) is 61.3 Å². The summed E-state index contributed by atoms with van der Waals surface area (Å²) in [6.07, 6.45) is -3.20. The van der Waals surface area contributed by atoms with Crippen molar-refractivity contribution in [3.8, 4) is 22.8 Å². The van der Waals surface area contributed by atoms with Gasteiger partial charge in [0.05, 0.1) is 12.3 Å². The van der Waals surface area contributed by atoms with Gasteiger partial charge in [0.2, 0.25) is 17.9 Å². The molecule has 4 rings (SSSR count). The standard InChI is InChI=1S/C29H31F3N4O4/c1-2-39-24-15-20(18-6-4-3-5-7-18)12-13-21(24)26(29(30,31)32)40-25-16-23(35-28(34)36-25)19-10-8-17(9-11-19)14-22(33)27(37)38/h3-7,10,12-13,15-17,22,26H,2,8-9,11,14,33H2,1H3,(H,37,38)(H2,34,35,36)/t17?,22-,26+/m0/s1. The van der Waals surface area contributed by atoms with Crippen molar-refractivity contribution in [3.63, 3.8) is 0 Å². The molecule has 5 N–H and O–H groups in total. The molecule has 1 aromatic heterocycles. The molecule has 1 unspecified atom stereocenters. The number of aliphatic carboxylic acids is 1. The first-order chi connectivity index (χ1) is 19.0. The summed E-state index contributed by atoms with van der Waals surface area (Å²) < 4.78 is 54.2. The Bertz CT molecular complexity index is 1370. The van der Waals surface area contributed by atoms with E-state index in [4.69, 9.17) is 26.0 Å². The quantitative estimate of drug-likeness (QED) is 0.286. The van der Waals surface area contributed by atoms with Crippen LogP contribution >= 0.6 is 0 Å². The predicted octanol–water partition coefficient (Wildman–Crippen LogP) is 5.79. The summed E-state index contributed by atoms with van der Waals surface area (Å²) in [5.41, 5.74) is 14.0. The van der Waals surface area contributed by atoms with Crippen molar-refractivity contribution < 1.29 is 32.5 Å². The van der Waals surface area contributed by atoms with Gasteiger partial charge in [0.1, 0.15) is 11.8 Å². The lowest BCUT2D eigenvalue weighted by atomic mass is 9.84. The molecule has 40 heavy (non-hydrogen) atoms. The maximum Gasteiger partial charge on any atom is 0.429 e. The SMILES string of the molecule is CCOc1cc(-c2ccccc2)ccc1[C@@H](Oc1cc(C2=CCC(C[C@H](N)C(=O)O)CC2)nc(N)n1)C(F)(F)F. The minimum absolute atomic E-state index is 0.0500. The molecule has 3 atom stereocenters. The number of anilines is 1. The number of carbonyl (C=O) groups is 1.